The molecule has 7 aromatic rings. The highest BCUT2D eigenvalue weighted by Crippen LogP contribution is 2.40. The standard InChI is InChI=1S/C46H31N5/c1-3-10-42-36(4-2)39-13-5-7-15-43(39)50(42)35-12-9-11-32(26-35)37-21-19-33(25-34(37)29-49)38-20-17-31(28-48)24-46(38)51-44-16-8-6-14-40(44)41-23-30(27-47)18-22-45(41)51/h3-22,24-26,30H,2,23H2,1H3/b10-3-. The van der Waals surface area contributed by atoms with Crippen molar-refractivity contribution in [3.05, 3.63) is 162 Å². The fourth-order valence-electron chi connectivity index (χ4n) is 7.56. The fourth-order valence-corrected chi connectivity index (χ4v) is 7.56. The molecule has 51 heavy (non-hydrogen) atoms. The fraction of sp³-hybridized carbons (Fsp3) is 0.0652. The maximum atomic E-state index is 10.6. The van der Waals surface area contributed by atoms with Crippen molar-refractivity contribution in [1.82, 2.24) is 9.13 Å². The van der Waals surface area contributed by atoms with Gasteiger partial charge in [-0.2, -0.15) is 15.8 Å². The molecule has 5 nitrogen and oxygen atoms in total. The van der Waals surface area contributed by atoms with E-state index in [2.05, 4.69) is 82.5 Å². The highest BCUT2D eigenvalue weighted by molar-refractivity contribution is 5.96. The number of hydrogen-bond donors (Lipinski definition) is 0. The number of fused-ring (bicyclic) bond motifs is 4. The molecule has 1 aliphatic rings. The zero-order valence-corrected chi connectivity index (χ0v) is 28.0. The Labute approximate surface area is 296 Å². The van der Waals surface area contributed by atoms with Crippen LogP contribution >= 0.6 is 0 Å². The Balaban J connectivity index is 1.28. The zero-order valence-electron chi connectivity index (χ0n) is 28.0. The van der Waals surface area contributed by atoms with E-state index in [1.165, 1.54) is 0 Å². The van der Waals surface area contributed by atoms with Crippen LogP contribution in [-0.4, -0.2) is 9.13 Å². The number of nitrogens with zero attached hydrogens (tertiary/aromatic N) is 5. The summed E-state index contributed by atoms with van der Waals surface area (Å²) < 4.78 is 4.43. The van der Waals surface area contributed by atoms with Crippen LogP contribution in [0, 0.1) is 39.9 Å². The molecule has 5 heteroatoms. The lowest BCUT2D eigenvalue weighted by Crippen LogP contribution is -2.07. The minimum Gasteiger partial charge on any atom is -0.309 e. The van der Waals surface area contributed by atoms with Crippen LogP contribution in [0.4, 0.5) is 0 Å². The molecule has 5 aromatic carbocycles. The van der Waals surface area contributed by atoms with Gasteiger partial charge in [0.1, 0.15) is 0 Å². The Hall–Kier alpha value is -7.13. The van der Waals surface area contributed by atoms with E-state index >= 15 is 0 Å². The summed E-state index contributed by atoms with van der Waals surface area (Å²) in [4.78, 5) is 0. The molecular formula is C46H31N5. The monoisotopic (exact) mass is 653 g/mol. The van der Waals surface area contributed by atoms with Gasteiger partial charge < -0.3 is 9.13 Å². The number of allylic oxidation sites excluding steroid dienone is 2. The van der Waals surface area contributed by atoms with Gasteiger partial charge in [-0.1, -0.05) is 91.5 Å². The minimum atomic E-state index is -0.194. The summed E-state index contributed by atoms with van der Waals surface area (Å²) in [7, 11) is 0. The average molecular weight is 654 g/mol. The van der Waals surface area contributed by atoms with Gasteiger partial charge in [-0.05, 0) is 90.2 Å². The van der Waals surface area contributed by atoms with Gasteiger partial charge in [0.2, 0.25) is 0 Å². The van der Waals surface area contributed by atoms with Crippen molar-refractivity contribution >= 4 is 40.0 Å². The van der Waals surface area contributed by atoms with Crippen LogP contribution in [-0.2, 0) is 6.42 Å². The maximum absolute atomic E-state index is 10.6. The van der Waals surface area contributed by atoms with Gasteiger partial charge in [-0.25, -0.2) is 0 Å². The SMILES string of the molecule is C=Cc1c(/C=C\C)n(-c2cccc(-c3ccc(-c4ccc(C#N)cc4-n4c5c(c6ccccc64)CC(C#N)C=C5)cc3C#N)c2)c2ccccc12. The molecule has 240 valence electrons. The predicted molar refractivity (Wildman–Crippen MR) is 207 cm³/mol. The third-order valence-corrected chi connectivity index (χ3v) is 9.81. The molecule has 0 amide bonds. The lowest BCUT2D eigenvalue weighted by molar-refractivity contribution is 0.809. The molecule has 0 N–H and O–H groups in total. The van der Waals surface area contributed by atoms with Crippen LogP contribution in [0.5, 0.6) is 0 Å². The van der Waals surface area contributed by atoms with E-state index in [9.17, 15) is 15.8 Å². The van der Waals surface area contributed by atoms with E-state index in [4.69, 9.17) is 0 Å². The molecule has 1 atom stereocenters. The van der Waals surface area contributed by atoms with Gasteiger partial charge in [0.15, 0.2) is 0 Å². The van der Waals surface area contributed by atoms with Crippen LogP contribution in [0.25, 0.3) is 73.7 Å². The van der Waals surface area contributed by atoms with Gasteiger partial charge in [-0.15, -0.1) is 0 Å². The van der Waals surface area contributed by atoms with Crippen molar-refractivity contribution < 1.29 is 0 Å². The quantitative estimate of drug-likeness (QED) is 0.179. The molecule has 8 rings (SSSR count). The minimum absolute atomic E-state index is 0.194. The van der Waals surface area contributed by atoms with E-state index in [0.717, 1.165) is 77.9 Å². The Bertz CT molecular complexity index is 2750. The molecule has 1 unspecified atom stereocenters. The van der Waals surface area contributed by atoms with Gasteiger partial charge in [0.25, 0.3) is 0 Å². The Kier molecular flexibility index (Phi) is 7.77. The Morgan fingerprint density at radius 2 is 1.49 bits per heavy atom. The van der Waals surface area contributed by atoms with Gasteiger partial charge >= 0.3 is 0 Å². The first-order valence-electron chi connectivity index (χ1n) is 16.9. The van der Waals surface area contributed by atoms with E-state index in [1.54, 1.807) is 0 Å². The molecule has 1 aliphatic carbocycles. The highest BCUT2D eigenvalue weighted by atomic mass is 15.0. The average Bonchev–Trinajstić information content (AvgIpc) is 3.69. The highest BCUT2D eigenvalue weighted by Gasteiger charge is 2.24. The molecule has 0 fully saturated rings. The van der Waals surface area contributed by atoms with E-state index in [1.807, 2.05) is 98.0 Å². The van der Waals surface area contributed by atoms with Crippen LogP contribution in [0.15, 0.2) is 128 Å². The second kappa shape index (κ2) is 12.7. The summed E-state index contributed by atoms with van der Waals surface area (Å²) >= 11 is 0. The van der Waals surface area contributed by atoms with Crippen molar-refractivity contribution in [2.24, 2.45) is 5.92 Å². The van der Waals surface area contributed by atoms with Crippen molar-refractivity contribution in [3.63, 3.8) is 0 Å². The summed E-state index contributed by atoms with van der Waals surface area (Å²) in [5.74, 6) is -0.194. The summed E-state index contributed by atoms with van der Waals surface area (Å²) in [6.45, 7) is 6.12. The molecule has 0 bridgehead atoms. The van der Waals surface area contributed by atoms with Crippen LogP contribution < -0.4 is 0 Å². The van der Waals surface area contributed by atoms with Gasteiger partial charge in [-0.3, -0.25) is 0 Å². The van der Waals surface area contributed by atoms with Crippen LogP contribution in [0.2, 0.25) is 0 Å². The van der Waals surface area contributed by atoms with E-state index in [-0.39, 0.29) is 5.92 Å². The normalized spacial score (nSPS) is 13.6. The van der Waals surface area contributed by atoms with E-state index < -0.39 is 0 Å². The molecule has 0 radical (unpaired) electrons. The first-order valence-corrected chi connectivity index (χ1v) is 16.9. The summed E-state index contributed by atoms with van der Waals surface area (Å²) in [5, 5.41) is 32.4. The number of para-hydroxylation sites is 2. The maximum Gasteiger partial charge on any atom is 0.0998 e. The van der Waals surface area contributed by atoms with Gasteiger partial charge in [0, 0.05) is 33.3 Å². The number of nitriles is 3. The topological polar surface area (TPSA) is 81.2 Å². The molecule has 0 saturated heterocycles. The molecule has 2 aromatic heterocycles. The van der Waals surface area contributed by atoms with Gasteiger partial charge in [0.05, 0.1) is 57.7 Å². The lowest BCUT2D eigenvalue weighted by atomic mass is 9.92. The predicted octanol–water partition coefficient (Wildman–Crippen LogP) is 11.0. The van der Waals surface area contributed by atoms with Crippen molar-refractivity contribution in [1.29, 1.82) is 15.8 Å². The van der Waals surface area contributed by atoms with Crippen LogP contribution in [0.3, 0.4) is 0 Å². The molecule has 0 saturated carbocycles. The first-order chi connectivity index (χ1) is 25.1. The third-order valence-electron chi connectivity index (χ3n) is 9.81. The smallest absolute Gasteiger partial charge is 0.0998 e. The summed E-state index contributed by atoms with van der Waals surface area (Å²) in [6.07, 6.45) is 10.7. The van der Waals surface area contributed by atoms with E-state index in [0.29, 0.717) is 17.5 Å². The van der Waals surface area contributed by atoms with Crippen LogP contribution in [0.1, 0.15) is 40.6 Å². The van der Waals surface area contributed by atoms with Crippen molar-refractivity contribution in [2.45, 2.75) is 13.3 Å². The lowest BCUT2D eigenvalue weighted by Gasteiger charge is -2.18. The van der Waals surface area contributed by atoms with Crippen molar-refractivity contribution in [2.75, 3.05) is 0 Å². The number of aromatic nitrogens is 2. The molecule has 2 heterocycles. The first kappa shape index (κ1) is 31.2. The number of benzene rings is 5. The second-order valence-corrected chi connectivity index (χ2v) is 12.6. The molecule has 0 aliphatic heterocycles. The number of hydrogen-bond acceptors (Lipinski definition) is 3. The molecular weight excluding hydrogens is 623 g/mol. The zero-order chi connectivity index (χ0) is 35.1. The largest absolute Gasteiger partial charge is 0.309 e. The number of rotatable bonds is 6. The summed E-state index contributed by atoms with van der Waals surface area (Å²) in [6, 6.07) is 43.7. The van der Waals surface area contributed by atoms with Crippen molar-refractivity contribution in [3.8, 4) is 51.8 Å². The summed E-state index contributed by atoms with van der Waals surface area (Å²) in [5.41, 5.74) is 12.8. The third kappa shape index (κ3) is 5.07. The Morgan fingerprint density at radius 3 is 2.24 bits per heavy atom. The Morgan fingerprint density at radius 1 is 0.745 bits per heavy atom. The second-order valence-electron chi connectivity index (χ2n) is 12.6. The molecule has 0 spiro atoms.